The number of nitrogens with zero attached hydrogens (tertiary/aromatic N) is 2. The van der Waals surface area contributed by atoms with Gasteiger partial charge in [-0.25, -0.2) is 8.78 Å². The van der Waals surface area contributed by atoms with Crippen molar-refractivity contribution in [3.63, 3.8) is 0 Å². The molecule has 0 aliphatic carbocycles. The molecule has 0 fully saturated rings. The summed E-state index contributed by atoms with van der Waals surface area (Å²) in [5.41, 5.74) is -1.28. The Bertz CT molecular complexity index is 1020. The largest absolute Gasteiger partial charge is 0.431 e. The van der Waals surface area contributed by atoms with Gasteiger partial charge in [-0.15, -0.1) is 0 Å². The second-order valence-electron chi connectivity index (χ2n) is 5.82. The Hall–Kier alpha value is -2.57. The Kier molecular flexibility index (Phi) is 5.12. The van der Waals surface area contributed by atoms with E-state index >= 15 is 0 Å². The van der Waals surface area contributed by atoms with Gasteiger partial charge in [-0.05, 0) is 30.3 Å². The zero-order valence-electron chi connectivity index (χ0n) is 13.8. The SMILES string of the molecule is NOS(=O)(=O)c1ccc(N2N=C(C(F)(F)F)CC2c2ccc(F)cc2F)cc1. The smallest absolute Gasteiger partial charge is 0.257 e. The van der Waals surface area contributed by atoms with Crippen molar-refractivity contribution in [2.24, 2.45) is 11.0 Å². The highest BCUT2D eigenvalue weighted by atomic mass is 32.2. The Balaban J connectivity index is 2.04. The van der Waals surface area contributed by atoms with Crippen molar-refractivity contribution in [1.29, 1.82) is 0 Å². The molecule has 3 rings (SSSR count). The Morgan fingerprint density at radius 3 is 2.29 bits per heavy atom. The summed E-state index contributed by atoms with van der Waals surface area (Å²) in [4.78, 5) is -0.331. The number of halogens is 5. The van der Waals surface area contributed by atoms with E-state index in [9.17, 15) is 30.4 Å². The van der Waals surface area contributed by atoms with E-state index in [0.29, 0.717) is 6.07 Å². The molecule has 1 aliphatic rings. The third-order valence-electron chi connectivity index (χ3n) is 4.08. The van der Waals surface area contributed by atoms with Crippen LogP contribution >= 0.6 is 0 Å². The van der Waals surface area contributed by atoms with Crippen LogP contribution in [0.1, 0.15) is 18.0 Å². The Morgan fingerprint density at radius 2 is 1.75 bits per heavy atom. The molecule has 6 nitrogen and oxygen atoms in total. The monoisotopic (exact) mass is 421 g/mol. The van der Waals surface area contributed by atoms with Crippen molar-refractivity contribution in [2.45, 2.75) is 23.5 Å². The molecule has 28 heavy (non-hydrogen) atoms. The fourth-order valence-electron chi connectivity index (χ4n) is 2.75. The van der Waals surface area contributed by atoms with Crippen molar-refractivity contribution >= 4 is 21.5 Å². The summed E-state index contributed by atoms with van der Waals surface area (Å²) in [6, 6.07) is 5.77. The van der Waals surface area contributed by atoms with E-state index in [0.717, 1.165) is 29.3 Å². The average molecular weight is 421 g/mol. The molecule has 2 N–H and O–H groups in total. The van der Waals surface area contributed by atoms with E-state index in [4.69, 9.17) is 0 Å². The molecule has 1 aliphatic heterocycles. The van der Waals surface area contributed by atoms with E-state index in [2.05, 4.69) is 15.3 Å². The molecule has 1 heterocycles. The lowest BCUT2D eigenvalue weighted by Crippen LogP contribution is -2.22. The van der Waals surface area contributed by atoms with Gasteiger partial charge in [0.1, 0.15) is 17.3 Å². The van der Waals surface area contributed by atoms with Crippen LogP contribution in [-0.4, -0.2) is 20.3 Å². The first-order valence-electron chi connectivity index (χ1n) is 7.65. The minimum absolute atomic E-state index is 0.0592. The van der Waals surface area contributed by atoms with E-state index in [1.165, 1.54) is 12.1 Å². The van der Waals surface area contributed by atoms with Gasteiger partial charge in [0.25, 0.3) is 0 Å². The summed E-state index contributed by atoms with van der Waals surface area (Å²) in [5.74, 6) is 2.77. The summed E-state index contributed by atoms with van der Waals surface area (Å²) >= 11 is 0. The van der Waals surface area contributed by atoms with Gasteiger partial charge in [-0.3, -0.25) is 5.01 Å². The van der Waals surface area contributed by atoms with Gasteiger partial charge >= 0.3 is 16.3 Å². The highest BCUT2D eigenvalue weighted by Crippen LogP contribution is 2.40. The molecule has 0 saturated heterocycles. The molecule has 2 aromatic carbocycles. The number of anilines is 1. The van der Waals surface area contributed by atoms with Crippen LogP contribution in [0.4, 0.5) is 27.6 Å². The topological polar surface area (TPSA) is 85.0 Å². The summed E-state index contributed by atoms with van der Waals surface area (Å²) in [5, 5.41) is 4.42. The van der Waals surface area contributed by atoms with Crippen LogP contribution in [-0.2, 0) is 14.4 Å². The van der Waals surface area contributed by atoms with E-state index < -0.39 is 46.1 Å². The number of hydrogen-bond acceptors (Lipinski definition) is 6. The second kappa shape index (κ2) is 7.11. The van der Waals surface area contributed by atoms with E-state index in [1.54, 1.807) is 0 Å². The fraction of sp³-hybridized carbons (Fsp3) is 0.188. The maximum Gasteiger partial charge on any atom is 0.431 e. The standard InChI is InChI=1S/C16H12F5N3O3S/c17-9-1-6-12(13(18)7-9)14-8-15(16(19,20)21)23-24(14)10-2-4-11(5-3-10)28(25,26)27-22/h1-7,14H,8,22H2. The molecule has 1 atom stereocenters. The molecule has 0 amide bonds. The summed E-state index contributed by atoms with van der Waals surface area (Å²) < 4.78 is 93.8. The van der Waals surface area contributed by atoms with Crippen LogP contribution in [0, 0.1) is 11.6 Å². The number of hydrogen-bond donors (Lipinski definition) is 1. The van der Waals surface area contributed by atoms with Gasteiger partial charge in [0.15, 0.2) is 0 Å². The van der Waals surface area contributed by atoms with Crippen molar-refractivity contribution in [3.8, 4) is 0 Å². The van der Waals surface area contributed by atoms with Gasteiger partial charge < -0.3 is 0 Å². The van der Waals surface area contributed by atoms with Crippen LogP contribution in [0.2, 0.25) is 0 Å². The number of alkyl halides is 3. The molecule has 0 bridgehead atoms. The average Bonchev–Trinajstić information content (AvgIpc) is 3.07. The van der Waals surface area contributed by atoms with Crippen LogP contribution in [0.15, 0.2) is 52.5 Å². The highest BCUT2D eigenvalue weighted by molar-refractivity contribution is 7.86. The number of hydrazone groups is 1. The first kappa shape index (κ1) is 20.2. The van der Waals surface area contributed by atoms with Gasteiger partial charge in [0.2, 0.25) is 0 Å². The zero-order chi connectivity index (χ0) is 20.7. The van der Waals surface area contributed by atoms with Gasteiger partial charge in [-0.1, -0.05) is 6.07 Å². The molecule has 1 unspecified atom stereocenters. The molecule has 12 heteroatoms. The van der Waals surface area contributed by atoms with Crippen LogP contribution in [0.5, 0.6) is 0 Å². The lowest BCUT2D eigenvalue weighted by Gasteiger charge is -2.24. The maximum atomic E-state index is 14.2. The lowest BCUT2D eigenvalue weighted by atomic mass is 10.0. The third kappa shape index (κ3) is 3.84. The molecule has 150 valence electrons. The van der Waals surface area contributed by atoms with Gasteiger partial charge in [0.05, 0.1) is 16.6 Å². The first-order chi connectivity index (χ1) is 13.0. The predicted octanol–water partition coefficient (Wildman–Crippen LogP) is 3.41. The molecule has 2 aromatic rings. The first-order valence-corrected chi connectivity index (χ1v) is 9.06. The highest BCUT2D eigenvalue weighted by Gasteiger charge is 2.44. The maximum absolute atomic E-state index is 14.2. The quantitative estimate of drug-likeness (QED) is 0.604. The van der Waals surface area contributed by atoms with Gasteiger partial charge in [-0.2, -0.15) is 36.9 Å². The van der Waals surface area contributed by atoms with E-state index in [-0.39, 0.29) is 16.1 Å². The predicted molar refractivity (Wildman–Crippen MR) is 88.6 cm³/mol. The van der Waals surface area contributed by atoms with Crippen LogP contribution in [0.3, 0.4) is 0 Å². The summed E-state index contributed by atoms with van der Waals surface area (Å²) in [6.45, 7) is 0. The Labute approximate surface area is 156 Å². The van der Waals surface area contributed by atoms with Crippen molar-refractivity contribution in [1.82, 2.24) is 0 Å². The van der Waals surface area contributed by atoms with Crippen molar-refractivity contribution in [3.05, 3.63) is 59.7 Å². The van der Waals surface area contributed by atoms with Crippen LogP contribution < -0.4 is 10.9 Å². The third-order valence-corrected chi connectivity index (χ3v) is 5.18. The molecule has 0 aromatic heterocycles. The number of benzene rings is 2. The fourth-order valence-corrected chi connectivity index (χ4v) is 3.34. The van der Waals surface area contributed by atoms with Crippen molar-refractivity contribution < 1.29 is 34.7 Å². The van der Waals surface area contributed by atoms with Gasteiger partial charge in [0, 0.05) is 18.1 Å². The molecule has 0 radical (unpaired) electrons. The molecular weight excluding hydrogens is 409 g/mol. The normalized spacial score (nSPS) is 17.7. The van der Waals surface area contributed by atoms with Crippen molar-refractivity contribution in [2.75, 3.05) is 5.01 Å². The summed E-state index contributed by atoms with van der Waals surface area (Å²) in [7, 11) is -4.21. The number of rotatable bonds is 4. The molecule has 0 spiro atoms. The molecule has 0 saturated carbocycles. The minimum atomic E-state index is -4.75. The second-order valence-corrected chi connectivity index (χ2v) is 7.39. The molecular formula is C16H12F5N3O3S. The van der Waals surface area contributed by atoms with E-state index in [1.807, 2.05) is 0 Å². The Morgan fingerprint density at radius 1 is 1.11 bits per heavy atom. The number of nitrogens with two attached hydrogens (primary N) is 1. The summed E-state index contributed by atoms with van der Waals surface area (Å²) in [6.07, 6.45) is -5.42. The van der Waals surface area contributed by atoms with Crippen LogP contribution in [0.25, 0.3) is 0 Å². The minimum Gasteiger partial charge on any atom is -0.257 e. The lowest BCUT2D eigenvalue weighted by molar-refractivity contribution is -0.0600. The zero-order valence-corrected chi connectivity index (χ0v) is 14.6.